The van der Waals surface area contributed by atoms with E-state index in [1.54, 1.807) is 0 Å². The summed E-state index contributed by atoms with van der Waals surface area (Å²) in [7, 11) is 0. The lowest BCUT2D eigenvalue weighted by Gasteiger charge is -2.02. The molecule has 1 aliphatic heterocycles. The van der Waals surface area contributed by atoms with Crippen molar-refractivity contribution in [3.8, 4) is 0 Å². The van der Waals surface area contributed by atoms with Crippen molar-refractivity contribution in [3.05, 3.63) is 0 Å². The van der Waals surface area contributed by atoms with Crippen LogP contribution in [0.15, 0.2) is 0 Å². The Hall–Kier alpha value is -0.690. The van der Waals surface area contributed by atoms with E-state index in [1.165, 1.54) is 70.6 Å². The van der Waals surface area contributed by atoms with Crippen LogP contribution in [0.3, 0.4) is 0 Å². The number of ether oxygens (including phenoxy) is 1. The molecular weight excluding hydrogens is 358 g/mol. The van der Waals surface area contributed by atoms with E-state index < -0.39 is 5.97 Å². The molecule has 1 rings (SSSR count). The Labute approximate surface area is 173 Å². The van der Waals surface area contributed by atoms with E-state index in [4.69, 9.17) is 15.3 Å². The summed E-state index contributed by atoms with van der Waals surface area (Å²) >= 11 is 0. The number of hydrogen-bond donors (Lipinski definition) is 4. The maximum Gasteiger partial charge on any atom is 0.303 e. The molecule has 4 N–H and O–H groups in total. The number of hydrogen-bond acceptors (Lipinski definition) is 5. The number of epoxide rings is 1. The summed E-state index contributed by atoms with van der Waals surface area (Å²) in [4.78, 5) is 10.3. The minimum absolute atomic E-state index is 0.139. The molecule has 0 aromatic carbocycles. The van der Waals surface area contributed by atoms with E-state index >= 15 is 0 Å². The van der Waals surface area contributed by atoms with E-state index in [1.807, 2.05) is 0 Å². The summed E-state index contributed by atoms with van der Waals surface area (Å²) < 4.78 is 4.50. The first-order valence-electron chi connectivity index (χ1n) is 11.4. The zero-order valence-electron chi connectivity index (χ0n) is 18.3. The average Bonchev–Trinajstić information content (AvgIpc) is 3.55. The van der Waals surface area contributed by atoms with Crippen molar-refractivity contribution in [3.63, 3.8) is 0 Å². The Bertz CT molecular complexity index is 281. The van der Waals surface area contributed by atoms with Crippen molar-refractivity contribution in [2.24, 2.45) is 0 Å². The molecule has 0 aromatic rings. The van der Waals surface area contributed by atoms with Gasteiger partial charge in [0.05, 0.1) is 26.4 Å². The fourth-order valence-electron chi connectivity index (χ4n) is 2.58. The van der Waals surface area contributed by atoms with Crippen LogP contribution in [0.4, 0.5) is 0 Å². The van der Waals surface area contributed by atoms with Crippen LogP contribution in [0.25, 0.3) is 0 Å². The van der Waals surface area contributed by atoms with Crippen molar-refractivity contribution < 1.29 is 24.9 Å². The molecule has 1 aliphatic rings. The Morgan fingerprint density at radius 2 is 1.11 bits per heavy atom. The van der Waals surface area contributed by atoms with Crippen molar-refractivity contribution >= 4 is 5.97 Å². The number of carboxylic acids is 1. The predicted octanol–water partition coefficient (Wildman–Crippen LogP) is 4.13. The summed E-state index contributed by atoms with van der Waals surface area (Å²) in [5.41, 5.74) is 0. The quantitative estimate of drug-likeness (QED) is 0.202. The lowest BCUT2D eigenvalue weighted by molar-refractivity contribution is -0.137. The predicted molar refractivity (Wildman–Crippen MR) is 116 cm³/mol. The highest BCUT2D eigenvalue weighted by atomic mass is 16.6. The second kappa shape index (κ2) is 28.5. The van der Waals surface area contributed by atoms with E-state index in [-0.39, 0.29) is 13.2 Å². The van der Waals surface area contributed by atoms with Crippen LogP contribution in [-0.2, 0) is 9.53 Å². The van der Waals surface area contributed by atoms with E-state index in [0.29, 0.717) is 19.5 Å². The molecule has 0 saturated carbocycles. The van der Waals surface area contributed by atoms with E-state index in [0.717, 1.165) is 26.1 Å². The molecule has 0 aromatic heterocycles. The topological polar surface area (TPSA) is 102 Å². The van der Waals surface area contributed by atoms with Gasteiger partial charge in [-0.05, 0) is 6.42 Å². The molecule has 6 nitrogen and oxygen atoms in total. The van der Waals surface area contributed by atoms with Crippen molar-refractivity contribution in [1.82, 2.24) is 5.32 Å². The molecule has 1 fully saturated rings. The molecule has 0 aliphatic carbocycles. The number of unbranched alkanes of at least 4 members (excludes halogenated alkanes) is 12. The summed E-state index contributed by atoms with van der Waals surface area (Å²) in [5, 5.41) is 27.6. The van der Waals surface area contributed by atoms with Gasteiger partial charge < -0.3 is 25.4 Å². The Balaban J connectivity index is 0. The maximum absolute atomic E-state index is 10.3. The van der Waals surface area contributed by atoms with Crippen molar-refractivity contribution in [2.75, 3.05) is 39.5 Å². The van der Waals surface area contributed by atoms with Gasteiger partial charge in [-0.25, -0.2) is 0 Å². The third kappa shape index (κ3) is 40.1. The molecule has 170 valence electrons. The van der Waals surface area contributed by atoms with Gasteiger partial charge in [-0.1, -0.05) is 84.0 Å². The largest absolute Gasteiger partial charge is 0.481 e. The van der Waals surface area contributed by atoms with Gasteiger partial charge in [0.15, 0.2) is 0 Å². The lowest BCUT2D eigenvalue weighted by atomic mass is 10.0. The Morgan fingerprint density at radius 1 is 0.750 bits per heavy atom. The highest BCUT2D eigenvalue weighted by Crippen LogP contribution is 2.12. The van der Waals surface area contributed by atoms with Gasteiger partial charge in [0, 0.05) is 19.5 Å². The Morgan fingerprint density at radius 3 is 1.39 bits per heavy atom. The average molecular weight is 406 g/mol. The summed E-state index contributed by atoms with van der Waals surface area (Å²) in [5.74, 6) is -0.655. The maximum atomic E-state index is 10.3. The first kappa shape index (κ1) is 29.5. The minimum atomic E-state index is -0.655. The third-order valence-corrected chi connectivity index (χ3v) is 4.28. The lowest BCUT2D eigenvalue weighted by Crippen LogP contribution is -2.21. The second-order valence-corrected chi connectivity index (χ2v) is 7.20. The summed E-state index contributed by atoms with van der Waals surface area (Å²) in [6.45, 7) is 5.68. The first-order chi connectivity index (χ1) is 13.7. The molecule has 6 heteroatoms. The second-order valence-electron chi connectivity index (χ2n) is 7.20. The molecule has 0 unspecified atom stereocenters. The highest BCUT2D eigenvalue weighted by Gasteiger charge is 1.97. The zero-order chi connectivity index (χ0) is 21.1. The van der Waals surface area contributed by atoms with Crippen LogP contribution in [0, 0.1) is 0 Å². The van der Waals surface area contributed by atoms with Gasteiger partial charge in [-0.15, -0.1) is 0 Å². The van der Waals surface area contributed by atoms with Crippen LogP contribution in [0.5, 0.6) is 0 Å². The van der Waals surface area contributed by atoms with Crippen LogP contribution in [0.2, 0.25) is 0 Å². The number of rotatable bonds is 18. The van der Waals surface area contributed by atoms with Crippen LogP contribution >= 0.6 is 0 Å². The molecule has 0 amide bonds. The number of aliphatic hydroxyl groups is 2. The Kier molecular flexibility index (Phi) is 30.1. The van der Waals surface area contributed by atoms with E-state index in [9.17, 15) is 4.79 Å². The summed E-state index contributed by atoms with van der Waals surface area (Å²) in [6, 6.07) is 0. The van der Waals surface area contributed by atoms with Gasteiger partial charge in [-0.3, -0.25) is 4.79 Å². The third-order valence-electron chi connectivity index (χ3n) is 4.28. The molecule has 1 saturated heterocycles. The molecule has 28 heavy (non-hydrogen) atoms. The normalized spacial score (nSPS) is 11.8. The van der Waals surface area contributed by atoms with Gasteiger partial charge in [-0.2, -0.15) is 0 Å². The molecular formula is C22H47NO5. The van der Waals surface area contributed by atoms with Crippen LogP contribution in [0.1, 0.15) is 96.8 Å². The first-order valence-corrected chi connectivity index (χ1v) is 11.4. The van der Waals surface area contributed by atoms with E-state index in [2.05, 4.69) is 17.0 Å². The smallest absolute Gasteiger partial charge is 0.303 e. The number of aliphatic hydroxyl groups excluding tert-OH is 2. The van der Waals surface area contributed by atoms with Crippen molar-refractivity contribution in [1.29, 1.82) is 0 Å². The molecule has 0 atom stereocenters. The number of aliphatic carboxylic acids is 1. The van der Waals surface area contributed by atoms with Gasteiger partial charge in [0.1, 0.15) is 0 Å². The minimum Gasteiger partial charge on any atom is -0.481 e. The number of carboxylic acid groups (broad SMARTS) is 1. The monoisotopic (exact) mass is 405 g/mol. The standard InChI is InChI=1S/C16H32O2.C4H11NO2.C2H4O/c1-2-3-4-5-6-7-8-9-10-11-12-13-14-15-16(17)18;6-3-1-5-2-4-7;1-2-3-1/h2-15H2,1H3,(H,17,18);5-7H,1-4H2;1-2H2. The number of carbonyl (C=O) groups is 1. The molecule has 1 heterocycles. The van der Waals surface area contributed by atoms with Crippen LogP contribution < -0.4 is 5.32 Å². The van der Waals surface area contributed by atoms with Gasteiger partial charge in [0.25, 0.3) is 0 Å². The zero-order valence-corrected chi connectivity index (χ0v) is 18.3. The van der Waals surface area contributed by atoms with Gasteiger partial charge in [0.2, 0.25) is 0 Å². The van der Waals surface area contributed by atoms with Crippen molar-refractivity contribution in [2.45, 2.75) is 96.8 Å². The SMILES string of the molecule is C1CO1.CCCCCCCCCCCCCCCC(=O)O.OCCNCCO. The molecule has 0 bridgehead atoms. The fourth-order valence-corrected chi connectivity index (χ4v) is 2.58. The highest BCUT2D eigenvalue weighted by molar-refractivity contribution is 5.66. The van der Waals surface area contributed by atoms with Gasteiger partial charge >= 0.3 is 5.97 Å². The molecule has 0 spiro atoms. The fraction of sp³-hybridized carbons (Fsp3) is 0.955. The van der Waals surface area contributed by atoms with Crippen LogP contribution in [-0.4, -0.2) is 60.8 Å². The summed E-state index contributed by atoms with van der Waals surface area (Å²) in [6.07, 6.45) is 17.3. The molecule has 0 radical (unpaired) electrons. The number of nitrogens with one attached hydrogen (secondary N) is 1.